The van der Waals surface area contributed by atoms with Gasteiger partial charge in [-0.1, -0.05) is 49.4 Å². The molecule has 0 amide bonds. The second-order valence-electron chi connectivity index (χ2n) is 6.80. The predicted octanol–water partition coefficient (Wildman–Crippen LogP) is 3.87. The summed E-state index contributed by atoms with van der Waals surface area (Å²) in [6.45, 7) is 2.16. The molecule has 5 nitrogen and oxygen atoms in total. The molecule has 0 saturated heterocycles. The van der Waals surface area contributed by atoms with E-state index in [4.69, 9.17) is 0 Å². The van der Waals surface area contributed by atoms with Gasteiger partial charge in [0.25, 0.3) is 5.56 Å². The molecule has 1 aromatic heterocycles. The molecule has 0 aliphatic rings. The number of aryl methyl sites for hydroxylation is 1. The lowest BCUT2D eigenvalue weighted by atomic mass is 10.1. The standard InChI is InChI=1S/C21H24N2O3S2/c1-3-4-7-16-10-12-17(13-11-16)23-20(24)18-8-5-6-9-19(18)22-21(23)27-14-15-28(2,25)26/h5-6,8-13H,3-4,7,14-15H2,1-2H3. The molecule has 28 heavy (non-hydrogen) atoms. The maximum atomic E-state index is 13.2. The van der Waals surface area contributed by atoms with Crippen molar-refractivity contribution in [3.05, 3.63) is 64.4 Å². The van der Waals surface area contributed by atoms with Crippen molar-refractivity contribution in [1.82, 2.24) is 9.55 Å². The highest BCUT2D eigenvalue weighted by Gasteiger charge is 2.14. The van der Waals surface area contributed by atoms with Crippen LogP contribution in [0.2, 0.25) is 0 Å². The number of nitrogens with zero attached hydrogens (tertiary/aromatic N) is 2. The van der Waals surface area contributed by atoms with Gasteiger partial charge in [0.15, 0.2) is 5.16 Å². The summed E-state index contributed by atoms with van der Waals surface area (Å²) in [7, 11) is -3.07. The van der Waals surface area contributed by atoms with Gasteiger partial charge in [-0.05, 0) is 42.7 Å². The van der Waals surface area contributed by atoms with E-state index < -0.39 is 9.84 Å². The molecule has 0 aliphatic heterocycles. The zero-order valence-corrected chi connectivity index (χ0v) is 17.7. The fourth-order valence-corrected chi connectivity index (χ4v) is 5.12. The third-order valence-corrected chi connectivity index (χ3v) is 6.59. The molecule has 7 heteroatoms. The molecule has 0 spiro atoms. The van der Waals surface area contributed by atoms with Gasteiger partial charge in [-0.25, -0.2) is 13.4 Å². The second kappa shape index (κ2) is 8.92. The van der Waals surface area contributed by atoms with Gasteiger partial charge in [-0.15, -0.1) is 0 Å². The van der Waals surface area contributed by atoms with E-state index in [9.17, 15) is 13.2 Å². The molecule has 0 N–H and O–H groups in total. The van der Waals surface area contributed by atoms with Crippen LogP contribution in [-0.4, -0.2) is 35.7 Å². The van der Waals surface area contributed by atoms with Gasteiger partial charge >= 0.3 is 0 Å². The topological polar surface area (TPSA) is 69.0 Å². The van der Waals surface area contributed by atoms with Crippen LogP contribution in [0, 0.1) is 0 Å². The first-order chi connectivity index (χ1) is 13.4. The molecule has 148 valence electrons. The minimum atomic E-state index is -3.07. The summed E-state index contributed by atoms with van der Waals surface area (Å²) in [5.41, 5.74) is 2.45. The van der Waals surface area contributed by atoms with Gasteiger partial charge in [0, 0.05) is 12.0 Å². The van der Waals surface area contributed by atoms with Gasteiger partial charge in [0.05, 0.1) is 22.3 Å². The Morgan fingerprint density at radius 1 is 1.07 bits per heavy atom. The summed E-state index contributed by atoms with van der Waals surface area (Å²) in [5.74, 6) is 0.383. The lowest BCUT2D eigenvalue weighted by Crippen LogP contribution is -2.22. The first-order valence-corrected chi connectivity index (χ1v) is 12.4. The molecule has 1 heterocycles. The lowest BCUT2D eigenvalue weighted by molar-refractivity contribution is 0.603. The van der Waals surface area contributed by atoms with Gasteiger partial charge in [0.1, 0.15) is 9.84 Å². The lowest BCUT2D eigenvalue weighted by Gasteiger charge is -2.13. The molecule has 0 fully saturated rings. The van der Waals surface area contributed by atoms with E-state index in [1.54, 1.807) is 16.7 Å². The number of fused-ring (bicyclic) bond motifs is 1. The van der Waals surface area contributed by atoms with Gasteiger partial charge < -0.3 is 0 Å². The molecular formula is C21H24N2O3S2. The van der Waals surface area contributed by atoms with Crippen molar-refractivity contribution in [3.63, 3.8) is 0 Å². The number of thioether (sulfide) groups is 1. The molecule has 0 saturated carbocycles. The normalized spacial score (nSPS) is 11.8. The molecule has 0 atom stereocenters. The molecule has 0 aliphatic carbocycles. The van der Waals surface area contributed by atoms with Crippen molar-refractivity contribution in [2.24, 2.45) is 0 Å². The van der Waals surface area contributed by atoms with Crippen molar-refractivity contribution < 1.29 is 8.42 Å². The number of rotatable bonds is 8. The summed E-state index contributed by atoms with van der Waals surface area (Å²) in [4.78, 5) is 17.8. The molecule has 2 aromatic carbocycles. The summed E-state index contributed by atoms with van der Waals surface area (Å²) in [5, 5.41) is 1.05. The van der Waals surface area contributed by atoms with Gasteiger partial charge in [-0.3, -0.25) is 9.36 Å². The number of aromatic nitrogens is 2. The first-order valence-electron chi connectivity index (χ1n) is 9.30. The molecule has 0 bridgehead atoms. The molecule has 0 unspecified atom stereocenters. The van der Waals surface area contributed by atoms with E-state index in [0.29, 0.717) is 21.8 Å². The van der Waals surface area contributed by atoms with Gasteiger partial charge in [-0.2, -0.15) is 0 Å². The zero-order chi connectivity index (χ0) is 20.1. The Balaban J connectivity index is 2.04. The van der Waals surface area contributed by atoms with Crippen molar-refractivity contribution in [2.45, 2.75) is 31.3 Å². The summed E-state index contributed by atoms with van der Waals surface area (Å²) in [6.07, 6.45) is 4.49. The van der Waals surface area contributed by atoms with Crippen LogP contribution in [-0.2, 0) is 16.3 Å². The van der Waals surface area contributed by atoms with Crippen LogP contribution in [0.1, 0.15) is 25.3 Å². The number of para-hydroxylation sites is 1. The average Bonchev–Trinajstić information content (AvgIpc) is 2.66. The third kappa shape index (κ3) is 5.02. The number of hydrogen-bond acceptors (Lipinski definition) is 5. The van der Waals surface area contributed by atoms with Crippen LogP contribution in [0.3, 0.4) is 0 Å². The minimum Gasteiger partial charge on any atom is -0.268 e. The van der Waals surface area contributed by atoms with E-state index in [1.165, 1.54) is 23.6 Å². The Morgan fingerprint density at radius 3 is 2.46 bits per heavy atom. The highest BCUT2D eigenvalue weighted by molar-refractivity contribution is 8.00. The van der Waals surface area contributed by atoms with Crippen LogP contribution >= 0.6 is 11.8 Å². The van der Waals surface area contributed by atoms with Crippen LogP contribution in [0.15, 0.2) is 58.5 Å². The Bertz CT molecular complexity index is 1120. The maximum absolute atomic E-state index is 13.2. The fraction of sp³-hybridized carbons (Fsp3) is 0.333. The highest BCUT2D eigenvalue weighted by Crippen LogP contribution is 2.22. The monoisotopic (exact) mass is 416 g/mol. The highest BCUT2D eigenvalue weighted by atomic mass is 32.2. The van der Waals surface area contributed by atoms with E-state index in [1.807, 2.05) is 36.4 Å². The van der Waals surface area contributed by atoms with E-state index >= 15 is 0 Å². The van der Waals surface area contributed by atoms with E-state index in [-0.39, 0.29) is 11.3 Å². The minimum absolute atomic E-state index is 0.0380. The fourth-order valence-electron chi connectivity index (χ4n) is 2.91. The van der Waals surface area contributed by atoms with Crippen LogP contribution in [0.4, 0.5) is 0 Å². The Morgan fingerprint density at radius 2 is 1.79 bits per heavy atom. The van der Waals surface area contributed by atoms with Crippen LogP contribution in [0.5, 0.6) is 0 Å². The number of benzene rings is 2. The Kier molecular flexibility index (Phi) is 6.57. The summed E-state index contributed by atoms with van der Waals surface area (Å²) < 4.78 is 24.5. The Labute approximate surface area is 169 Å². The number of sulfone groups is 1. The van der Waals surface area contributed by atoms with Crippen molar-refractivity contribution in [3.8, 4) is 5.69 Å². The average molecular weight is 417 g/mol. The van der Waals surface area contributed by atoms with Crippen molar-refractivity contribution in [2.75, 3.05) is 17.8 Å². The molecule has 3 rings (SSSR count). The van der Waals surface area contributed by atoms with E-state index in [2.05, 4.69) is 11.9 Å². The quantitative estimate of drug-likeness (QED) is 0.412. The molecular weight excluding hydrogens is 392 g/mol. The van der Waals surface area contributed by atoms with Crippen LogP contribution < -0.4 is 5.56 Å². The predicted molar refractivity (Wildman–Crippen MR) is 116 cm³/mol. The smallest absolute Gasteiger partial charge is 0.266 e. The SMILES string of the molecule is CCCCc1ccc(-n2c(SCCS(C)(=O)=O)nc3ccccc3c2=O)cc1. The summed E-state index contributed by atoms with van der Waals surface area (Å²) in [6, 6.07) is 15.2. The number of hydrogen-bond donors (Lipinski definition) is 0. The van der Waals surface area contributed by atoms with Crippen LogP contribution in [0.25, 0.3) is 16.6 Å². The second-order valence-corrected chi connectivity index (χ2v) is 10.1. The van der Waals surface area contributed by atoms with Crippen molar-refractivity contribution >= 4 is 32.5 Å². The zero-order valence-electron chi connectivity index (χ0n) is 16.1. The van der Waals surface area contributed by atoms with Crippen molar-refractivity contribution in [1.29, 1.82) is 0 Å². The Hall–Kier alpha value is -2.12. The van der Waals surface area contributed by atoms with Gasteiger partial charge in [0.2, 0.25) is 0 Å². The number of unbranched alkanes of at least 4 members (excludes halogenated alkanes) is 1. The molecule has 3 aromatic rings. The molecule has 0 radical (unpaired) electrons. The van der Waals surface area contributed by atoms with E-state index in [0.717, 1.165) is 24.9 Å². The summed E-state index contributed by atoms with van der Waals surface area (Å²) >= 11 is 1.29. The third-order valence-electron chi connectivity index (χ3n) is 4.44. The first kappa shape index (κ1) is 20.6. The maximum Gasteiger partial charge on any atom is 0.266 e. The largest absolute Gasteiger partial charge is 0.268 e.